The number of ether oxygens (including phenoxy) is 1. The van der Waals surface area contributed by atoms with Crippen LogP contribution in [-0.4, -0.2) is 47.5 Å². The smallest absolute Gasteiger partial charge is 0.250 e. The highest BCUT2D eigenvalue weighted by molar-refractivity contribution is 9.10. The fourth-order valence-corrected chi connectivity index (χ4v) is 3.34. The van der Waals surface area contributed by atoms with Crippen LogP contribution in [-0.2, 0) is 4.74 Å². The largest absolute Gasteiger partial charge is 0.378 e. The lowest BCUT2D eigenvalue weighted by atomic mass is 10.1. The molecule has 0 saturated carbocycles. The first-order chi connectivity index (χ1) is 15.1. The topological polar surface area (TPSA) is 87.6 Å². The highest BCUT2D eigenvalue weighted by Crippen LogP contribution is 2.22. The van der Waals surface area contributed by atoms with Crippen molar-refractivity contribution in [3.8, 4) is 0 Å². The minimum absolute atomic E-state index is 0.373. The lowest BCUT2D eigenvalue weighted by Crippen LogP contribution is -2.37. The second-order valence-corrected chi connectivity index (χ2v) is 8.16. The van der Waals surface area contributed by atoms with Gasteiger partial charge in [0.05, 0.1) is 19.4 Å². The maximum atomic E-state index is 5.46. The Kier molecular flexibility index (Phi) is 6.73. The number of anilines is 4. The second kappa shape index (κ2) is 9.84. The van der Waals surface area contributed by atoms with Crippen molar-refractivity contribution in [2.75, 3.05) is 41.9 Å². The summed E-state index contributed by atoms with van der Waals surface area (Å²) >= 11 is 3.43. The number of nitrogens with zero attached hydrogens (tertiary/aromatic N) is 5. The maximum Gasteiger partial charge on any atom is 0.250 e. The summed E-state index contributed by atoms with van der Waals surface area (Å²) in [7, 11) is 0. The summed E-state index contributed by atoms with van der Waals surface area (Å²) in [6, 6.07) is 14.1. The van der Waals surface area contributed by atoms with Gasteiger partial charge in [0.2, 0.25) is 17.8 Å². The van der Waals surface area contributed by atoms with E-state index in [1.165, 1.54) is 0 Å². The normalized spacial score (nSPS) is 14.1. The summed E-state index contributed by atoms with van der Waals surface area (Å²) in [5.41, 5.74) is 7.14. The van der Waals surface area contributed by atoms with E-state index in [0.29, 0.717) is 31.1 Å². The first-order valence-electron chi connectivity index (χ1n) is 10.0. The Balaban J connectivity index is 1.59. The van der Waals surface area contributed by atoms with Gasteiger partial charge in [-0.2, -0.15) is 20.1 Å². The molecule has 0 amide bonds. The van der Waals surface area contributed by atoms with E-state index in [-0.39, 0.29) is 0 Å². The van der Waals surface area contributed by atoms with Gasteiger partial charge in [-0.15, -0.1) is 0 Å². The summed E-state index contributed by atoms with van der Waals surface area (Å²) in [6.07, 6.45) is 1.72. The fraction of sp³-hybridized carbons (Fsp3) is 0.273. The molecule has 1 saturated heterocycles. The molecule has 160 valence electrons. The average molecular weight is 482 g/mol. The van der Waals surface area contributed by atoms with Crippen LogP contribution < -0.4 is 15.6 Å². The Hall–Kier alpha value is -3.04. The third kappa shape index (κ3) is 5.77. The van der Waals surface area contributed by atoms with Gasteiger partial charge in [0.15, 0.2) is 0 Å². The molecule has 31 heavy (non-hydrogen) atoms. The molecule has 1 fully saturated rings. The number of aryl methyl sites for hydroxylation is 2. The minimum Gasteiger partial charge on any atom is -0.378 e. The van der Waals surface area contributed by atoms with Crippen molar-refractivity contribution < 1.29 is 4.74 Å². The number of aromatic nitrogens is 3. The maximum absolute atomic E-state index is 5.46. The molecular weight excluding hydrogens is 458 g/mol. The van der Waals surface area contributed by atoms with Crippen molar-refractivity contribution in [1.82, 2.24) is 15.0 Å². The summed E-state index contributed by atoms with van der Waals surface area (Å²) in [6.45, 7) is 6.86. The van der Waals surface area contributed by atoms with Crippen LogP contribution in [0.3, 0.4) is 0 Å². The highest BCUT2D eigenvalue weighted by atomic mass is 79.9. The van der Waals surface area contributed by atoms with Crippen molar-refractivity contribution in [3.63, 3.8) is 0 Å². The zero-order chi connectivity index (χ0) is 21.6. The molecule has 2 aromatic carbocycles. The summed E-state index contributed by atoms with van der Waals surface area (Å²) in [5, 5.41) is 7.62. The van der Waals surface area contributed by atoms with Crippen LogP contribution in [0.5, 0.6) is 0 Å². The number of hydrogen-bond donors (Lipinski definition) is 2. The third-order valence-corrected chi connectivity index (χ3v) is 5.33. The van der Waals surface area contributed by atoms with Gasteiger partial charge in [-0.3, -0.25) is 0 Å². The quantitative estimate of drug-likeness (QED) is 0.401. The van der Waals surface area contributed by atoms with Crippen LogP contribution in [0.2, 0.25) is 0 Å². The predicted molar refractivity (Wildman–Crippen MR) is 127 cm³/mol. The van der Waals surface area contributed by atoms with Crippen LogP contribution in [0.4, 0.5) is 23.5 Å². The van der Waals surface area contributed by atoms with Crippen LogP contribution >= 0.6 is 15.9 Å². The zero-order valence-electron chi connectivity index (χ0n) is 17.5. The van der Waals surface area contributed by atoms with E-state index < -0.39 is 0 Å². The molecule has 1 aromatic heterocycles. The first kappa shape index (κ1) is 21.2. The number of morpholine rings is 1. The Labute approximate surface area is 189 Å². The third-order valence-electron chi connectivity index (χ3n) is 4.81. The van der Waals surface area contributed by atoms with Crippen molar-refractivity contribution in [1.29, 1.82) is 0 Å². The van der Waals surface area contributed by atoms with Gasteiger partial charge in [-0.1, -0.05) is 40.2 Å². The van der Waals surface area contributed by atoms with Gasteiger partial charge < -0.3 is 15.0 Å². The number of hydrogen-bond acceptors (Lipinski definition) is 8. The van der Waals surface area contributed by atoms with Gasteiger partial charge in [0, 0.05) is 23.2 Å². The first-order valence-corrected chi connectivity index (χ1v) is 10.8. The van der Waals surface area contributed by atoms with Crippen LogP contribution in [0, 0.1) is 13.8 Å². The molecule has 2 N–H and O–H groups in total. The average Bonchev–Trinajstić information content (AvgIpc) is 2.78. The van der Waals surface area contributed by atoms with E-state index in [0.717, 1.165) is 39.9 Å². The van der Waals surface area contributed by atoms with Gasteiger partial charge in [0.1, 0.15) is 0 Å². The molecule has 0 unspecified atom stereocenters. The number of hydrazone groups is 1. The Morgan fingerprint density at radius 2 is 1.74 bits per heavy atom. The molecule has 8 nitrogen and oxygen atoms in total. The van der Waals surface area contributed by atoms with Crippen molar-refractivity contribution in [2.45, 2.75) is 13.8 Å². The highest BCUT2D eigenvalue weighted by Gasteiger charge is 2.17. The Morgan fingerprint density at radius 3 is 2.52 bits per heavy atom. The van der Waals surface area contributed by atoms with E-state index in [1.807, 2.05) is 31.2 Å². The van der Waals surface area contributed by atoms with Crippen molar-refractivity contribution >= 4 is 45.7 Å². The predicted octanol–water partition coefficient (Wildman–Crippen LogP) is 4.28. The second-order valence-electron chi connectivity index (χ2n) is 7.25. The monoisotopic (exact) mass is 481 g/mol. The van der Waals surface area contributed by atoms with Gasteiger partial charge in [0.25, 0.3) is 0 Å². The van der Waals surface area contributed by atoms with Crippen LogP contribution in [0.25, 0.3) is 0 Å². The lowest BCUT2D eigenvalue weighted by molar-refractivity contribution is 0.122. The molecule has 0 aliphatic carbocycles. The lowest BCUT2D eigenvalue weighted by Gasteiger charge is -2.27. The fourth-order valence-electron chi connectivity index (χ4n) is 3.08. The number of rotatable bonds is 6. The SMILES string of the molecule is Cc1ccc(C)c(Nc2nc(N/N=C\c3ccc(Br)cc3)nc(N3CCOCC3)n2)c1. The molecule has 1 aliphatic heterocycles. The van der Waals surface area contributed by atoms with Crippen LogP contribution in [0.1, 0.15) is 16.7 Å². The molecule has 2 heterocycles. The zero-order valence-corrected chi connectivity index (χ0v) is 19.1. The summed E-state index contributed by atoms with van der Waals surface area (Å²) in [5.74, 6) is 1.43. The molecule has 1 aliphatic rings. The molecular formula is C22H24BrN7O. The van der Waals surface area contributed by atoms with Crippen molar-refractivity contribution in [3.05, 3.63) is 63.6 Å². The standard InChI is InChI=1S/C22H24BrN7O/c1-15-3-4-16(2)19(13-15)25-20-26-21(28-22(27-20)30-9-11-31-12-10-30)29-24-14-17-5-7-18(23)8-6-17/h3-8,13-14H,9-12H2,1-2H3,(H2,25,26,27,28,29)/b24-14-. The molecule has 0 bridgehead atoms. The Bertz CT molecular complexity index is 1070. The minimum atomic E-state index is 0.373. The van der Waals surface area contributed by atoms with Gasteiger partial charge in [-0.05, 0) is 48.7 Å². The van der Waals surface area contributed by atoms with E-state index in [4.69, 9.17) is 4.74 Å². The summed E-state index contributed by atoms with van der Waals surface area (Å²) in [4.78, 5) is 15.8. The molecule has 4 rings (SSSR count). The number of halogens is 1. The van der Waals surface area contributed by atoms with Crippen LogP contribution in [0.15, 0.2) is 52.0 Å². The van der Waals surface area contributed by atoms with Gasteiger partial charge >= 0.3 is 0 Å². The van der Waals surface area contributed by atoms with Crippen molar-refractivity contribution in [2.24, 2.45) is 5.10 Å². The molecule has 0 radical (unpaired) electrons. The van der Waals surface area contributed by atoms with E-state index >= 15 is 0 Å². The van der Waals surface area contributed by atoms with E-state index in [2.05, 4.69) is 76.7 Å². The molecule has 9 heteroatoms. The molecule has 0 atom stereocenters. The number of nitrogens with one attached hydrogen (secondary N) is 2. The number of benzene rings is 2. The Morgan fingerprint density at radius 1 is 1.00 bits per heavy atom. The molecule has 0 spiro atoms. The van der Waals surface area contributed by atoms with E-state index in [9.17, 15) is 0 Å². The molecule has 3 aromatic rings. The van der Waals surface area contributed by atoms with Gasteiger partial charge in [-0.25, -0.2) is 5.43 Å². The van der Waals surface area contributed by atoms with E-state index in [1.54, 1.807) is 6.21 Å². The summed E-state index contributed by atoms with van der Waals surface area (Å²) < 4.78 is 6.48.